The minimum atomic E-state index is -0.833. The number of carbonyl (C=O) groups excluding carboxylic acids is 2. The average Bonchev–Trinajstić information content (AvgIpc) is 3.22. The lowest BCUT2D eigenvalue weighted by Gasteiger charge is -2.40. The molecule has 4 heterocycles. The third-order valence-corrected chi connectivity index (χ3v) is 8.98. The number of allylic oxidation sites excluding steroid dienone is 1. The molecule has 2 unspecified atom stereocenters. The van der Waals surface area contributed by atoms with Gasteiger partial charge >= 0.3 is 0 Å². The van der Waals surface area contributed by atoms with Gasteiger partial charge in [0, 0.05) is 53.6 Å². The van der Waals surface area contributed by atoms with Gasteiger partial charge in [-0.05, 0) is 58.2 Å². The van der Waals surface area contributed by atoms with E-state index in [4.69, 9.17) is 25.8 Å². The predicted octanol–water partition coefficient (Wildman–Crippen LogP) is 4.09. The first-order valence-corrected chi connectivity index (χ1v) is 14.4. The molecule has 0 spiro atoms. The molecular weight excluding hydrogens is 514 g/mol. The van der Waals surface area contributed by atoms with Crippen molar-refractivity contribution in [3.63, 3.8) is 0 Å². The Hall–Kier alpha value is -2.07. The van der Waals surface area contributed by atoms with E-state index in [1.165, 1.54) is 11.8 Å². The van der Waals surface area contributed by atoms with Crippen LogP contribution in [0.4, 0.5) is 0 Å². The molecule has 2 atom stereocenters. The molecule has 0 aromatic heterocycles. The molecule has 0 saturated carbocycles. The number of nitrogens with zero attached hydrogens (tertiary/aromatic N) is 2. The minimum absolute atomic E-state index is 0.163. The monoisotopic (exact) mass is 547 g/mol. The van der Waals surface area contributed by atoms with Crippen molar-refractivity contribution in [2.45, 2.75) is 39.4 Å². The molecule has 10 heteroatoms. The average molecular weight is 548 g/mol. The van der Waals surface area contributed by atoms with Crippen molar-refractivity contribution < 1.29 is 23.8 Å². The number of rotatable bonds is 7. The number of carbonyl (C=O) groups is 2. The molecule has 2 amide bonds. The molecule has 0 radical (unpaired) electrons. The van der Waals surface area contributed by atoms with Crippen molar-refractivity contribution in [1.82, 2.24) is 10.2 Å². The molecule has 200 valence electrons. The van der Waals surface area contributed by atoms with Crippen LogP contribution in [0.3, 0.4) is 0 Å². The van der Waals surface area contributed by atoms with Gasteiger partial charge in [-0.3, -0.25) is 9.59 Å². The van der Waals surface area contributed by atoms with Gasteiger partial charge in [-0.25, -0.2) is 4.99 Å². The fourth-order valence-corrected chi connectivity index (χ4v) is 6.53. The van der Waals surface area contributed by atoms with Crippen LogP contribution in [0.15, 0.2) is 22.0 Å². The SMILES string of the molecule is CSC1=CC(C)=NC(=O)C1CNC(=O)c1cc(Cl)c2c(c1C)OC(C)(C1CCN(CC3COC3)CC1)O2. The maximum Gasteiger partial charge on any atom is 0.255 e. The molecule has 2 saturated heterocycles. The van der Waals surface area contributed by atoms with E-state index < -0.39 is 11.7 Å². The maximum absolute atomic E-state index is 13.2. The van der Waals surface area contributed by atoms with Crippen molar-refractivity contribution >= 4 is 40.9 Å². The Morgan fingerprint density at radius 1 is 1.24 bits per heavy atom. The first kappa shape index (κ1) is 26.5. The highest BCUT2D eigenvalue weighted by Crippen LogP contribution is 2.51. The molecule has 1 aromatic rings. The topological polar surface area (TPSA) is 89.5 Å². The van der Waals surface area contributed by atoms with Crippen molar-refractivity contribution in [3.05, 3.63) is 33.2 Å². The van der Waals surface area contributed by atoms with Crippen LogP contribution in [-0.4, -0.2) is 73.9 Å². The number of likely N-dealkylation sites (tertiary alicyclic amines) is 1. The molecule has 8 nitrogen and oxygen atoms in total. The zero-order valence-corrected chi connectivity index (χ0v) is 23.3. The normalized spacial score (nSPS) is 26.5. The van der Waals surface area contributed by atoms with E-state index in [1.54, 1.807) is 13.0 Å². The number of fused-ring (bicyclic) bond motifs is 1. The zero-order valence-electron chi connectivity index (χ0n) is 21.8. The van der Waals surface area contributed by atoms with Gasteiger partial charge in [-0.15, -0.1) is 11.8 Å². The number of hydrogen-bond acceptors (Lipinski definition) is 7. The van der Waals surface area contributed by atoms with E-state index in [2.05, 4.69) is 15.2 Å². The van der Waals surface area contributed by atoms with Crippen LogP contribution in [0.2, 0.25) is 5.02 Å². The number of thioether (sulfide) groups is 1. The summed E-state index contributed by atoms with van der Waals surface area (Å²) in [5.74, 6) is -0.00380. The second kappa shape index (κ2) is 10.6. The molecule has 0 aliphatic carbocycles. The number of ether oxygens (including phenoxy) is 3. The highest BCUT2D eigenvalue weighted by Gasteiger charge is 2.47. The molecular formula is C27H34ClN3O5S. The van der Waals surface area contributed by atoms with Gasteiger partial charge in [0.2, 0.25) is 0 Å². The number of amides is 2. The number of dihydropyridines is 1. The Bertz CT molecular complexity index is 1160. The summed E-state index contributed by atoms with van der Waals surface area (Å²) in [5, 5.41) is 3.24. The quantitative estimate of drug-likeness (QED) is 0.550. The minimum Gasteiger partial charge on any atom is -0.448 e. The summed E-state index contributed by atoms with van der Waals surface area (Å²) in [4.78, 5) is 33.1. The fourth-order valence-electron chi connectivity index (χ4n) is 5.53. The maximum atomic E-state index is 13.2. The molecule has 2 fully saturated rings. The number of piperidine rings is 1. The van der Waals surface area contributed by atoms with Gasteiger partial charge in [0.25, 0.3) is 17.6 Å². The Labute approximate surface area is 227 Å². The van der Waals surface area contributed by atoms with Crippen LogP contribution >= 0.6 is 23.4 Å². The number of hydrogen-bond donors (Lipinski definition) is 1. The number of nitrogens with one attached hydrogen (secondary N) is 1. The molecule has 4 aliphatic rings. The lowest BCUT2D eigenvalue weighted by molar-refractivity contribution is -0.128. The Morgan fingerprint density at radius 2 is 1.95 bits per heavy atom. The van der Waals surface area contributed by atoms with Crippen LogP contribution < -0.4 is 14.8 Å². The van der Waals surface area contributed by atoms with Crippen LogP contribution in [0.5, 0.6) is 11.5 Å². The summed E-state index contributed by atoms with van der Waals surface area (Å²) in [6.07, 6.45) is 5.73. The van der Waals surface area contributed by atoms with Gasteiger partial charge in [-0.2, -0.15) is 0 Å². The second-order valence-corrected chi connectivity index (χ2v) is 11.8. The largest absolute Gasteiger partial charge is 0.448 e. The highest BCUT2D eigenvalue weighted by molar-refractivity contribution is 8.02. The van der Waals surface area contributed by atoms with E-state index in [-0.39, 0.29) is 24.3 Å². The number of halogens is 1. The van der Waals surface area contributed by atoms with Gasteiger partial charge < -0.3 is 24.4 Å². The molecule has 1 N–H and O–H groups in total. The first-order chi connectivity index (χ1) is 17.7. The highest BCUT2D eigenvalue weighted by atomic mass is 35.5. The van der Waals surface area contributed by atoms with Crippen LogP contribution in [0.1, 0.15) is 42.6 Å². The van der Waals surface area contributed by atoms with E-state index >= 15 is 0 Å². The number of benzene rings is 1. The smallest absolute Gasteiger partial charge is 0.255 e. The van der Waals surface area contributed by atoms with Crippen molar-refractivity contribution in [3.8, 4) is 11.5 Å². The van der Waals surface area contributed by atoms with Crippen LogP contribution in [-0.2, 0) is 9.53 Å². The summed E-state index contributed by atoms with van der Waals surface area (Å²) in [5.41, 5.74) is 1.76. The zero-order chi connectivity index (χ0) is 26.3. The van der Waals surface area contributed by atoms with Crippen LogP contribution in [0, 0.1) is 24.7 Å². The van der Waals surface area contributed by atoms with Gasteiger partial charge in [-0.1, -0.05) is 11.6 Å². The molecule has 1 aromatic carbocycles. The first-order valence-electron chi connectivity index (χ1n) is 12.8. The van der Waals surface area contributed by atoms with Crippen molar-refractivity contribution in [2.24, 2.45) is 22.7 Å². The van der Waals surface area contributed by atoms with Crippen LogP contribution in [0.25, 0.3) is 0 Å². The summed E-state index contributed by atoms with van der Waals surface area (Å²) in [6, 6.07) is 1.62. The Morgan fingerprint density at radius 3 is 2.59 bits per heavy atom. The fraction of sp³-hybridized carbons (Fsp3) is 0.593. The van der Waals surface area contributed by atoms with E-state index in [0.29, 0.717) is 39.3 Å². The lowest BCUT2D eigenvalue weighted by atomic mass is 9.88. The van der Waals surface area contributed by atoms with E-state index in [1.807, 2.05) is 26.2 Å². The Balaban J connectivity index is 1.25. The summed E-state index contributed by atoms with van der Waals surface area (Å²) >= 11 is 8.10. The third-order valence-electron chi connectivity index (χ3n) is 7.83. The number of aliphatic imine (C=N–C) groups is 1. The summed E-state index contributed by atoms with van der Waals surface area (Å²) < 4.78 is 18.1. The summed E-state index contributed by atoms with van der Waals surface area (Å²) in [6.45, 7) is 10.6. The second-order valence-electron chi connectivity index (χ2n) is 10.5. The van der Waals surface area contributed by atoms with E-state index in [9.17, 15) is 9.59 Å². The molecule has 0 bridgehead atoms. The molecule has 5 rings (SSSR count). The standard InChI is InChI=1S/C27H34ClN3O5S/c1-15-9-22(37-4)20(26(33)30-15)11-29-25(32)19-10-21(28)24-23(16(19)2)35-27(3,36-24)18-5-7-31(8-6-18)12-17-13-34-14-17/h9-10,17-18,20H,5-8,11-14H2,1-4H3,(H,29,32). The predicted molar refractivity (Wildman–Crippen MR) is 145 cm³/mol. The molecule has 4 aliphatic heterocycles. The van der Waals surface area contributed by atoms with Crippen molar-refractivity contribution in [1.29, 1.82) is 0 Å². The Kier molecular flexibility index (Phi) is 7.60. The molecule has 37 heavy (non-hydrogen) atoms. The third kappa shape index (κ3) is 5.28. The van der Waals surface area contributed by atoms with Gasteiger partial charge in [0.15, 0.2) is 11.5 Å². The van der Waals surface area contributed by atoms with Gasteiger partial charge in [0.05, 0.1) is 24.2 Å². The van der Waals surface area contributed by atoms with Crippen molar-refractivity contribution in [2.75, 3.05) is 45.6 Å². The van der Waals surface area contributed by atoms with E-state index in [0.717, 1.165) is 50.6 Å². The van der Waals surface area contributed by atoms with Gasteiger partial charge in [0.1, 0.15) is 0 Å². The summed E-state index contributed by atoms with van der Waals surface area (Å²) in [7, 11) is 0. The lowest BCUT2D eigenvalue weighted by Crippen LogP contribution is -2.50.